The number of aromatic nitrogens is 1. The lowest BCUT2D eigenvalue weighted by Gasteiger charge is -2.39. The van der Waals surface area contributed by atoms with E-state index in [0.717, 1.165) is 55.9 Å². The van der Waals surface area contributed by atoms with Gasteiger partial charge in [-0.25, -0.2) is 4.39 Å². The Morgan fingerprint density at radius 2 is 2.03 bits per heavy atom. The number of fused-ring (bicyclic) bond motifs is 3. The second-order valence-electron chi connectivity index (χ2n) is 9.14. The number of rotatable bonds is 8. The van der Waals surface area contributed by atoms with Gasteiger partial charge in [0.15, 0.2) is 0 Å². The quantitative estimate of drug-likeness (QED) is 0.494. The molecule has 33 heavy (non-hydrogen) atoms. The van der Waals surface area contributed by atoms with Crippen LogP contribution in [0.1, 0.15) is 36.2 Å². The van der Waals surface area contributed by atoms with Gasteiger partial charge in [0.05, 0.1) is 12.7 Å². The molecule has 1 aromatic heterocycles. The molecule has 0 unspecified atom stereocenters. The first-order valence-electron chi connectivity index (χ1n) is 11.8. The van der Waals surface area contributed by atoms with Gasteiger partial charge in [0, 0.05) is 66.0 Å². The Balaban J connectivity index is 1.39. The Bertz CT molecular complexity index is 1150. The van der Waals surface area contributed by atoms with Crippen LogP contribution in [-0.2, 0) is 6.42 Å². The first-order chi connectivity index (χ1) is 16.1. The first-order valence-corrected chi connectivity index (χ1v) is 11.8. The molecule has 0 spiro atoms. The Labute approximate surface area is 193 Å². The van der Waals surface area contributed by atoms with Gasteiger partial charge in [-0.3, -0.25) is 9.29 Å². The lowest BCUT2D eigenvalue weighted by Crippen LogP contribution is -2.49. The van der Waals surface area contributed by atoms with Crippen molar-refractivity contribution in [2.24, 2.45) is 5.92 Å². The van der Waals surface area contributed by atoms with E-state index in [0.29, 0.717) is 17.9 Å². The number of para-hydroxylation sites is 1. The zero-order valence-electron chi connectivity index (χ0n) is 19.1. The zero-order valence-corrected chi connectivity index (χ0v) is 19.1. The molecule has 1 atom stereocenters. The largest absolute Gasteiger partial charge is 0.492 e. The molecular weight excluding hydrogens is 420 g/mol. The molecule has 0 saturated carbocycles. The lowest BCUT2D eigenvalue weighted by molar-refractivity contribution is 0.0668. The Morgan fingerprint density at radius 1 is 1.21 bits per heavy atom. The molecule has 3 aromatic rings. The molecule has 6 heteroatoms. The monoisotopic (exact) mass is 451 g/mol. The van der Waals surface area contributed by atoms with Gasteiger partial charge in [-0.15, -0.1) is 0 Å². The van der Waals surface area contributed by atoms with Crippen LogP contribution in [0.4, 0.5) is 8.78 Å². The minimum atomic E-state index is -0.278. The summed E-state index contributed by atoms with van der Waals surface area (Å²) >= 11 is 0. The van der Waals surface area contributed by atoms with Crippen LogP contribution in [0, 0.1) is 11.7 Å². The summed E-state index contributed by atoms with van der Waals surface area (Å²) in [5.74, 6) is 0.402. The van der Waals surface area contributed by atoms with Gasteiger partial charge in [-0.2, -0.15) is 0 Å². The fourth-order valence-corrected chi connectivity index (χ4v) is 5.18. The maximum absolute atomic E-state index is 15.5. The van der Waals surface area contributed by atoms with E-state index in [1.54, 1.807) is 0 Å². The van der Waals surface area contributed by atoms with Crippen LogP contribution in [0.2, 0.25) is 0 Å². The van der Waals surface area contributed by atoms with E-state index in [9.17, 15) is 4.39 Å². The van der Waals surface area contributed by atoms with Gasteiger partial charge in [-0.05, 0) is 36.6 Å². The highest BCUT2D eigenvalue weighted by Crippen LogP contribution is 2.41. The Hall–Kier alpha value is -2.86. The maximum Gasteiger partial charge on any atom is 0.132 e. The number of hydrogen-bond donors (Lipinski definition) is 1. The topological polar surface area (TPSA) is 31.5 Å². The lowest BCUT2D eigenvalue weighted by atomic mass is 9.91. The van der Waals surface area contributed by atoms with Crippen molar-refractivity contribution in [1.29, 1.82) is 0 Å². The summed E-state index contributed by atoms with van der Waals surface area (Å²) in [4.78, 5) is 7.95. The average Bonchev–Trinajstić information content (AvgIpc) is 3.18. The molecule has 1 N–H and O–H groups in total. The highest BCUT2D eigenvalue weighted by molar-refractivity contribution is 5.85. The third-order valence-corrected chi connectivity index (χ3v) is 7.04. The van der Waals surface area contributed by atoms with E-state index in [2.05, 4.69) is 40.4 Å². The Kier molecular flexibility index (Phi) is 6.11. The van der Waals surface area contributed by atoms with E-state index >= 15 is 4.39 Å². The number of benzene rings is 2. The SMILES string of the molecule is C=C(CC)N1CCc2c([nH]c3ccccc23)[C@H]1c1ccc(OCCN2CC(CF)C2)cc1F. The summed E-state index contributed by atoms with van der Waals surface area (Å²) in [5, 5.41) is 1.21. The van der Waals surface area contributed by atoms with Gasteiger partial charge < -0.3 is 14.6 Å². The molecule has 5 rings (SSSR count). The van der Waals surface area contributed by atoms with Gasteiger partial charge in [-0.1, -0.05) is 31.7 Å². The van der Waals surface area contributed by atoms with Crippen LogP contribution in [0.5, 0.6) is 5.75 Å². The van der Waals surface area contributed by atoms with Gasteiger partial charge in [0.1, 0.15) is 18.2 Å². The molecule has 3 heterocycles. The van der Waals surface area contributed by atoms with Gasteiger partial charge >= 0.3 is 0 Å². The normalized spacial score (nSPS) is 18.9. The molecule has 0 radical (unpaired) electrons. The van der Waals surface area contributed by atoms with Crippen LogP contribution in [-0.4, -0.2) is 54.2 Å². The number of ether oxygens (including phenoxy) is 1. The van der Waals surface area contributed by atoms with Crippen LogP contribution in [0.3, 0.4) is 0 Å². The van der Waals surface area contributed by atoms with Crippen molar-refractivity contribution in [3.05, 3.63) is 77.4 Å². The third-order valence-electron chi connectivity index (χ3n) is 7.04. The summed E-state index contributed by atoms with van der Waals surface area (Å²) in [6, 6.07) is 13.2. The number of aromatic amines is 1. The second-order valence-corrected chi connectivity index (χ2v) is 9.14. The summed E-state index contributed by atoms with van der Waals surface area (Å²) in [5.41, 5.74) is 5.02. The number of hydrogen-bond acceptors (Lipinski definition) is 3. The fraction of sp³-hybridized carbons (Fsp3) is 0.407. The molecule has 4 nitrogen and oxygen atoms in total. The molecule has 2 aliphatic heterocycles. The fourth-order valence-electron chi connectivity index (χ4n) is 5.18. The molecule has 0 amide bonds. The molecule has 2 aromatic carbocycles. The highest BCUT2D eigenvalue weighted by Gasteiger charge is 2.33. The number of allylic oxidation sites excluding steroid dienone is 1. The summed E-state index contributed by atoms with van der Waals surface area (Å²) in [6.07, 6.45) is 1.71. The molecular formula is C27H31F2N3O. The molecule has 0 bridgehead atoms. The van der Waals surface area contributed by atoms with Crippen molar-refractivity contribution in [3.8, 4) is 5.75 Å². The number of nitrogens with zero attached hydrogens (tertiary/aromatic N) is 2. The van der Waals surface area contributed by atoms with Crippen molar-refractivity contribution in [2.75, 3.05) is 39.5 Å². The molecule has 1 fully saturated rings. The van der Waals surface area contributed by atoms with Crippen molar-refractivity contribution in [3.63, 3.8) is 0 Å². The number of alkyl halides is 1. The maximum atomic E-state index is 15.5. The van der Waals surface area contributed by atoms with Crippen molar-refractivity contribution < 1.29 is 13.5 Å². The third kappa shape index (κ3) is 4.12. The van der Waals surface area contributed by atoms with Crippen LogP contribution in [0.25, 0.3) is 10.9 Å². The van der Waals surface area contributed by atoms with E-state index in [-0.39, 0.29) is 24.5 Å². The minimum Gasteiger partial charge on any atom is -0.492 e. The van der Waals surface area contributed by atoms with E-state index in [1.807, 2.05) is 24.3 Å². The van der Waals surface area contributed by atoms with Crippen LogP contribution in [0.15, 0.2) is 54.7 Å². The van der Waals surface area contributed by atoms with E-state index in [4.69, 9.17) is 4.74 Å². The molecule has 2 aliphatic rings. The molecule has 1 saturated heterocycles. The first kappa shape index (κ1) is 22.0. The van der Waals surface area contributed by atoms with Crippen LogP contribution < -0.4 is 4.74 Å². The second kappa shape index (κ2) is 9.18. The highest BCUT2D eigenvalue weighted by atomic mass is 19.1. The zero-order chi connectivity index (χ0) is 22.9. The summed E-state index contributed by atoms with van der Waals surface area (Å²) in [6.45, 7) is 9.64. The van der Waals surface area contributed by atoms with Crippen LogP contribution >= 0.6 is 0 Å². The Morgan fingerprint density at radius 3 is 2.79 bits per heavy atom. The number of nitrogens with one attached hydrogen (secondary N) is 1. The number of H-pyrrole nitrogens is 1. The van der Waals surface area contributed by atoms with Crippen molar-refractivity contribution in [1.82, 2.24) is 14.8 Å². The average molecular weight is 452 g/mol. The predicted molar refractivity (Wildman–Crippen MR) is 128 cm³/mol. The van der Waals surface area contributed by atoms with E-state index in [1.165, 1.54) is 17.0 Å². The number of halogens is 2. The van der Waals surface area contributed by atoms with Gasteiger partial charge in [0.2, 0.25) is 0 Å². The predicted octanol–water partition coefficient (Wildman–Crippen LogP) is 5.46. The van der Waals surface area contributed by atoms with E-state index < -0.39 is 0 Å². The summed E-state index contributed by atoms with van der Waals surface area (Å²) in [7, 11) is 0. The molecule has 174 valence electrons. The standard InChI is InChI=1S/C27H31F2N3O/c1-3-18(2)32-11-10-22-21-6-4-5-7-25(21)30-26(22)27(32)23-9-8-20(14-24(23)29)33-13-12-31-16-19(15-28)17-31/h4-9,14,19,27,30H,2-3,10-13,15-17H2,1H3/t27-/m1/s1. The smallest absolute Gasteiger partial charge is 0.132 e. The number of likely N-dealkylation sites (tertiary alicyclic amines) is 1. The minimum absolute atomic E-state index is 0.160. The van der Waals surface area contributed by atoms with Crippen molar-refractivity contribution in [2.45, 2.75) is 25.8 Å². The summed E-state index contributed by atoms with van der Waals surface area (Å²) < 4.78 is 33.9. The van der Waals surface area contributed by atoms with Crippen molar-refractivity contribution >= 4 is 10.9 Å². The van der Waals surface area contributed by atoms with Gasteiger partial charge in [0.25, 0.3) is 0 Å². The molecule has 0 aliphatic carbocycles.